The van der Waals surface area contributed by atoms with Crippen molar-refractivity contribution in [2.45, 2.75) is 25.4 Å². The molecule has 104 valence electrons. The summed E-state index contributed by atoms with van der Waals surface area (Å²) in [4.78, 5) is 14.1. The van der Waals surface area contributed by atoms with Crippen LogP contribution in [-0.4, -0.2) is 37.6 Å². The third-order valence-electron chi connectivity index (χ3n) is 3.52. The molecule has 2 rings (SSSR count). The number of hydrogen-bond acceptors (Lipinski definition) is 3. The van der Waals surface area contributed by atoms with E-state index < -0.39 is 0 Å². The Hall–Kier alpha value is -1.26. The van der Waals surface area contributed by atoms with Crippen LogP contribution in [-0.2, 0) is 11.3 Å². The highest BCUT2D eigenvalue weighted by atomic mass is 35.5. The quantitative estimate of drug-likeness (QED) is 0.919. The van der Waals surface area contributed by atoms with Gasteiger partial charge in [-0.05, 0) is 32.0 Å². The van der Waals surface area contributed by atoms with E-state index in [1.807, 2.05) is 30.1 Å². The summed E-state index contributed by atoms with van der Waals surface area (Å²) < 4.78 is 5.32. The van der Waals surface area contributed by atoms with Crippen molar-refractivity contribution in [3.8, 4) is 5.75 Å². The number of carbonyl (C=O) groups is 1. The number of nitrogens with one attached hydrogen (secondary N) is 1. The van der Waals surface area contributed by atoms with Crippen LogP contribution in [0.2, 0.25) is 5.02 Å². The predicted octanol–water partition coefficient (Wildman–Crippen LogP) is 2.06. The lowest BCUT2D eigenvalue weighted by Gasteiger charge is -2.32. The van der Waals surface area contributed by atoms with E-state index in [4.69, 9.17) is 16.3 Å². The summed E-state index contributed by atoms with van der Waals surface area (Å²) >= 11 is 6.21. The van der Waals surface area contributed by atoms with Crippen molar-refractivity contribution >= 4 is 17.5 Å². The number of rotatable bonds is 4. The average molecular weight is 283 g/mol. The molecule has 5 heteroatoms. The average Bonchev–Trinajstić information content (AvgIpc) is 2.43. The standard InChI is InChI=1S/C14H19ClN2O2/c1-16-12-6-4-8-17(14(12)18)9-10-11(15)5-3-7-13(10)19-2/h3,5,7,12,16H,4,6,8-9H2,1-2H3. The Balaban J connectivity index is 2.19. The molecule has 19 heavy (non-hydrogen) atoms. The van der Waals surface area contributed by atoms with E-state index in [2.05, 4.69) is 5.32 Å². The minimum absolute atomic E-state index is 0.0813. The number of carbonyl (C=O) groups excluding carboxylic acids is 1. The smallest absolute Gasteiger partial charge is 0.239 e. The van der Waals surface area contributed by atoms with Gasteiger partial charge in [0.15, 0.2) is 0 Å². The summed E-state index contributed by atoms with van der Waals surface area (Å²) in [6, 6.07) is 5.45. The lowest BCUT2D eigenvalue weighted by atomic mass is 10.0. The molecule has 1 amide bonds. The molecule has 1 heterocycles. The summed E-state index contributed by atoms with van der Waals surface area (Å²) in [6.45, 7) is 1.27. The monoisotopic (exact) mass is 282 g/mol. The number of piperidine rings is 1. The molecule has 0 aromatic heterocycles. The van der Waals surface area contributed by atoms with Gasteiger partial charge >= 0.3 is 0 Å². The molecular formula is C14H19ClN2O2. The van der Waals surface area contributed by atoms with Gasteiger partial charge in [0.25, 0.3) is 0 Å². The molecule has 1 aliphatic heterocycles. The Labute approximate surface area is 118 Å². The fourth-order valence-corrected chi connectivity index (χ4v) is 2.67. The highest BCUT2D eigenvalue weighted by Crippen LogP contribution is 2.28. The molecule has 1 unspecified atom stereocenters. The summed E-state index contributed by atoms with van der Waals surface area (Å²) in [5, 5.41) is 3.69. The molecule has 0 spiro atoms. The molecule has 1 aromatic carbocycles. The van der Waals surface area contributed by atoms with Crippen LogP contribution in [0.3, 0.4) is 0 Å². The van der Waals surface area contributed by atoms with Gasteiger partial charge in [-0.25, -0.2) is 0 Å². The molecule has 1 aliphatic rings. The largest absolute Gasteiger partial charge is 0.496 e. The van der Waals surface area contributed by atoms with Crippen LogP contribution in [0.5, 0.6) is 5.75 Å². The van der Waals surface area contributed by atoms with Gasteiger partial charge in [0.05, 0.1) is 19.7 Å². The summed E-state index contributed by atoms with van der Waals surface area (Å²) in [6.07, 6.45) is 1.90. The molecule has 1 atom stereocenters. The molecule has 0 radical (unpaired) electrons. The van der Waals surface area contributed by atoms with E-state index in [9.17, 15) is 4.79 Å². The second-order valence-electron chi connectivity index (χ2n) is 4.66. The van der Waals surface area contributed by atoms with Crippen molar-refractivity contribution in [2.75, 3.05) is 20.7 Å². The van der Waals surface area contributed by atoms with E-state index in [1.54, 1.807) is 7.11 Å². The minimum atomic E-state index is -0.0813. The van der Waals surface area contributed by atoms with Gasteiger partial charge in [-0.2, -0.15) is 0 Å². The van der Waals surface area contributed by atoms with Gasteiger partial charge in [0.1, 0.15) is 5.75 Å². The van der Waals surface area contributed by atoms with Crippen LogP contribution in [0.1, 0.15) is 18.4 Å². The van der Waals surface area contributed by atoms with Gasteiger partial charge in [0, 0.05) is 17.1 Å². The zero-order chi connectivity index (χ0) is 13.8. The first-order valence-corrected chi connectivity index (χ1v) is 6.82. The second-order valence-corrected chi connectivity index (χ2v) is 5.07. The van der Waals surface area contributed by atoms with E-state index >= 15 is 0 Å². The van der Waals surface area contributed by atoms with Crippen molar-refractivity contribution in [1.29, 1.82) is 0 Å². The van der Waals surface area contributed by atoms with Crippen LogP contribution >= 0.6 is 11.6 Å². The van der Waals surface area contributed by atoms with Crippen LogP contribution in [0.4, 0.5) is 0 Å². The minimum Gasteiger partial charge on any atom is -0.496 e. The number of methoxy groups -OCH3 is 1. The molecule has 1 saturated heterocycles. The molecule has 0 bridgehead atoms. The Morgan fingerprint density at radius 3 is 3.00 bits per heavy atom. The van der Waals surface area contributed by atoms with Crippen molar-refractivity contribution in [1.82, 2.24) is 10.2 Å². The molecular weight excluding hydrogens is 264 g/mol. The van der Waals surface area contributed by atoms with Gasteiger partial charge in [-0.3, -0.25) is 4.79 Å². The van der Waals surface area contributed by atoms with Crippen LogP contribution < -0.4 is 10.1 Å². The first-order valence-electron chi connectivity index (χ1n) is 6.44. The number of benzene rings is 1. The normalized spacial score (nSPS) is 19.6. The number of hydrogen-bond donors (Lipinski definition) is 1. The van der Waals surface area contributed by atoms with Gasteiger partial charge in [0.2, 0.25) is 5.91 Å². The number of halogens is 1. The van der Waals surface area contributed by atoms with Gasteiger partial charge in [-0.1, -0.05) is 17.7 Å². The fourth-order valence-electron chi connectivity index (χ4n) is 2.44. The molecule has 1 fully saturated rings. The Kier molecular flexibility index (Phi) is 4.66. The number of nitrogens with zero attached hydrogens (tertiary/aromatic N) is 1. The highest BCUT2D eigenvalue weighted by molar-refractivity contribution is 6.31. The zero-order valence-corrected chi connectivity index (χ0v) is 12.0. The SMILES string of the molecule is CNC1CCCN(Cc2c(Cl)cccc2OC)C1=O. The molecule has 0 saturated carbocycles. The third-order valence-corrected chi connectivity index (χ3v) is 3.88. The third kappa shape index (κ3) is 3.01. The van der Waals surface area contributed by atoms with Gasteiger partial charge < -0.3 is 15.0 Å². The number of amides is 1. The van der Waals surface area contributed by atoms with E-state index in [0.717, 1.165) is 30.7 Å². The highest BCUT2D eigenvalue weighted by Gasteiger charge is 2.28. The summed E-state index contributed by atoms with van der Waals surface area (Å²) in [7, 11) is 3.44. The predicted molar refractivity (Wildman–Crippen MR) is 75.5 cm³/mol. The number of likely N-dealkylation sites (tertiary alicyclic amines) is 1. The Bertz CT molecular complexity index is 465. The molecule has 0 aliphatic carbocycles. The van der Waals surface area contributed by atoms with E-state index in [-0.39, 0.29) is 11.9 Å². The maximum Gasteiger partial charge on any atom is 0.239 e. The maximum atomic E-state index is 12.3. The molecule has 1 aromatic rings. The molecule has 4 nitrogen and oxygen atoms in total. The van der Waals surface area contributed by atoms with E-state index in [0.29, 0.717) is 11.6 Å². The topological polar surface area (TPSA) is 41.6 Å². The number of ether oxygens (including phenoxy) is 1. The maximum absolute atomic E-state index is 12.3. The van der Waals surface area contributed by atoms with Gasteiger partial charge in [-0.15, -0.1) is 0 Å². The molecule has 1 N–H and O–H groups in total. The van der Waals surface area contributed by atoms with Crippen LogP contribution in [0, 0.1) is 0 Å². The zero-order valence-electron chi connectivity index (χ0n) is 11.3. The second kappa shape index (κ2) is 6.26. The first-order chi connectivity index (χ1) is 9.17. The first kappa shape index (κ1) is 14.2. The number of likely N-dealkylation sites (N-methyl/N-ethyl adjacent to an activating group) is 1. The van der Waals surface area contributed by atoms with Crippen molar-refractivity contribution in [3.63, 3.8) is 0 Å². The van der Waals surface area contributed by atoms with E-state index in [1.165, 1.54) is 0 Å². The lowest BCUT2D eigenvalue weighted by Crippen LogP contribution is -2.49. The van der Waals surface area contributed by atoms with Crippen molar-refractivity contribution < 1.29 is 9.53 Å². The Morgan fingerprint density at radius 1 is 1.53 bits per heavy atom. The van der Waals surface area contributed by atoms with Crippen molar-refractivity contribution in [2.24, 2.45) is 0 Å². The van der Waals surface area contributed by atoms with Crippen molar-refractivity contribution in [3.05, 3.63) is 28.8 Å². The van der Waals surface area contributed by atoms with Crippen LogP contribution in [0.25, 0.3) is 0 Å². The fraction of sp³-hybridized carbons (Fsp3) is 0.500. The van der Waals surface area contributed by atoms with Crippen LogP contribution in [0.15, 0.2) is 18.2 Å². The summed E-state index contributed by atoms with van der Waals surface area (Å²) in [5.74, 6) is 0.864. The summed E-state index contributed by atoms with van der Waals surface area (Å²) in [5.41, 5.74) is 0.872. The lowest BCUT2D eigenvalue weighted by molar-refractivity contribution is -0.136. The Morgan fingerprint density at radius 2 is 2.32 bits per heavy atom.